The molecule has 3 heteroatoms. The maximum absolute atomic E-state index is 6.30. The minimum Gasteiger partial charge on any atom is -0.311 e. The Morgan fingerprint density at radius 2 is 1.89 bits per heavy atom. The van der Waals surface area contributed by atoms with Gasteiger partial charge in [-0.3, -0.25) is 4.98 Å². The van der Waals surface area contributed by atoms with E-state index in [1.54, 1.807) is 0 Å². The lowest BCUT2D eigenvalue weighted by Gasteiger charge is -2.17. The summed E-state index contributed by atoms with van der Waals surface area (Å²) in [6.07, 6.45) is 2.69. The lowest BCUT2D eigenvalue weighted by Crippen LogP contribution is -2.20. The second-order valence-corrected chi connectivity index (χ2v) is 5.31. The Morgan fingerprint density at radius 3 is 2.53 bits per heavy atom. The third-order valence-electron chi connectivity index (χ3n) is 3.27. The van der Waals surface area contributed by atoms with Crippen molar-refractivity contribution in [3.05, 3.63) is 63.9 Å². The molecule has 1 heterocycles. The van der Waals surface area contributed by atoms with Crippen molar-refractivity contribution in [3.63, 3.8) is 0 Å². The summed E-state index contributed by atoms with van der Waals surface area (Å²) in [6.45, 7) is 4.13. The third kappa shape index (κ3) is 3.55. The molecule has 0 aliphatic carbocycles. The van der Waals surface area contributed by atoms with Crippen molar-refractivity contribution in [3.8, 4) is 0 Å². The lowest BCUT2D eigenvalue weighted by molar-refractivity contribution is 0.575. The van der Waals surface area contributed by atoms with E-state index in [1.165, 1.54) is 11.1 Å². The predicted octanol–water partition coefficient (Wildman–Crippen LogP) is 3.86. The van der Waals surface area contributed by atoms with Crippen molar-refractivity contribution in [2.24, 2.45) is 0 Å². The van der Waals surface area contributed by atoms with Gasteiger partial charge in [-0.25, -0.2) is 0 Å². The summed E-state index contributed by atoms with van der Waals surface area (Å²) >= 11 is 6.30. The molecule has 1 unspecified atom stereocenters. The number of aromatic nitrogens is 1. The van der Waals surface area contributed by atoms with E-state index in [-0.39, 0.29) is 6.04 Å². The highest BCUT2D eigenvalue weighted by Gasteiger charge is 2.13. The molecule has 0 amide bonds. The number of hydrogen-bond acceptors (Lipinski definition) is 2. The van der Waals surface area contributed by atoms with Crippen molar-refractivity contribution < 1.29 is 0 Å². The van der Waals surface area contributed by atoms with E-state index in [1.807, 2.05) is 32.3 Å². The van der Waals surface area contributed by atoms with Gasteiger partial charge >= 0.3 is 0 Å². The van der Waals surface area contributed by atoms with Gasteiger partial charge in [-0.05, 0) is 62.2 Å². The van der Waals surface area contributed by atoms with Crippen LogP contribution in [0.3, 0.4) is 0 Å². The average Bonchev–Trinajstić information content (AvgIpc) is 2.38. The van der Waals surface area contributed by atoms with Crippen molar-refractivity contribution in [2.75, 3.05) is 7.05 Å². The summed E-state index contributed by atoms with van der Waals surface area (Å²) in [5.41, 5.74) is 4.61. The quantitative estimate of drug-likeness (QED) is 0.916. The Bertz CT molecular complexity index is 566. The molecule has 0 bridgehead atoms. The van der Waals surface area contributed by atoms with Gasteiger partial charge in [0, 0.05) is 11.2 Å². The molecule has 1 aromatic carbocycles. The number of hydrogen-bond donors (Lipinski definition) is 1. The fourth-order valence-electron chi connectivity index (χ4n) is 2.14. The molecular formula is C16H19ClN2. The van der Waals surface area contributed by atoms with E-state index in [4.69, 9.17) is 11.6 Å². The molecule has 2 rings (SSSR count). The van der Waals surface area contributed by atoms with Crippen molar-refractivity contribution in [1.29, 1.82) is 0 Å². The summed E-state index contributed by atoms with van der Waals surface area (Å²) in [5.74, 6) is 0. The van der Waals surface area contributed by atoms with Crippen LogP contribution in [-0.4, -0.2) is 12.0 Å². The number of aryl methyl sites for hydroxylation is 2. The molecule has 0 aliphatic rings. The predicted molar refractivity (Wildman–Crippen MR) is 80.7 cm³/mol. The van der Waals surface area contributed by atoms with Crippen LogP contribution in [0.15, 0.2) is 36.5 Å². The largest absolute Gasteiger partial charge is 0.311 e. The first-order chi connectivity index (χ1) is 9.10. The summed E-state index contributed by atoms with van der Waals surface area (Å²) in [5, 5.41) is 4.14. The van der Waals surface area contributed by atoms with Crippen LogP contribution < -0.4 is 5.32 Å². The zero-order chi connectivity index (χ0) is 13.8. The van der Waals surface area contributed by atoms with Crippen molar-refractivity contribution in [2.45, 2.75) is 26.3 Å². The van der Waals surface area contributed by atoms with E-state index >= 15 is 0 Å². The molecule has 0 radical (unpaired) electrons. The molecule has 0 fully saturated rings. The molecule has 1 N–H and O–H groups in total. The maximum Gasteiger partial charge on any atom is 0.0579 e. The molecule has 100 valence electrons. The molecule has 2 aromatic rings. The summed E-state index contributed by atoms with van der Waals surface area (Å²) in [6, 6.07) is 10.5. The Morgan fingerprint density at radius 1 is 1.16 bits per heavy atom. The van der Waals surface area contributed by atoms with Gasteiger partial charge < -0.3 is 5.32 Å². The van der Waals surface area contributed by atoms with Crippen molar-refractivity contribution >= 4 is 11.6 Å². The molecular weight excluding hydrogens is 256 g/mol. The standard InChI is InChI=1S/C16H19ClN2/c1-11-4-5-13(14(17)8-11)10-15(18-3)16-9-12(2)6-7-19-16/h4-9,15,18H,10H2,1-3H3. The molecule has 1 atom stereocenters. The monoisotopic (exact) mass is 274 g/mol. The second kappa shape index (κ2) is 6.18. The second-order valence-electron chi connectivity index (χ2n) is 4.90. The number of nitrogens with zero attached hydrogens (tertiary/aromatic N) is 1. The fraction of sp³-hybridized carbons (Fsp3) is 0.312. The zero-order valence-corrected chi connectivity index (χ0v) is 12.3. The summed E-state index contributed by atoms with van der Waals surface area (Å²) in [7, 11) is 1.96. The van der Waals surface area contributed by atoms with Crippen LogP contribution in [0.5, 0.6) is 0 Å². The Kier molecular flexibility index (Phi) is 4.56. The first-order valence-electron chi connectivity index (χ1n) is 6.45. The van der Waals surface area contributed by atoms with Crippen LogP contribution in [0.4, 0.5) is 0 Å². The van der Waals surface area contributed by atoms with Gasteiger partial charge in [0.2, 0.25) is 0 Å². The highest BCUT2D eigenvalue weighted by Crippen LogP contribution is 2.23. The van der Waals surface area contributed by atoms with Crippen LogP contribution in [0, 0.1) is 13.8 Å². The number of nitrogens with one attached hydrogen (secondary N) is 1. The van der Waals surface area contributed by atoms with Crippen LogP contribution in [0.2, 0.25) is 5.02 Å². The topological polar surface area (TPSA) is 24.9 Å². The van der Waals surface area contributed by atoms with Gasteiger partial charge in [-0.1, -0.05) is 23.7 Å². The molecule has 0 saturated carbocycles. The Labute approximate surface area is 119 Å². The molecule has 0 saturated heterocycles. The number of pyridine rings is 1. The van der Waals surface area contributed by atoms with Gasteiger partial charge in [0.25, 0.3) is 0 Å². The normalized spacial score (nSPS) is 12.4. The summed E-state index contributed by atoms with van der Waals surface area (Å²) < 4.78 is 0. The highest BCUT2D eigenvalue weighted by molar-refractivity contribution is 6.31. The van der Waals surface area contributed by atoms with Gasteiger partial charge in [0.05, 0.1) is 11.7 Å². The number of halogens is 1. The number of rotatable bonds is 4. The molecule has 2 nitrogen and oxygen atoms in total. The minimum absolute atomic E-state index is 0.181. The highest BCUT2D eigenvalue weighted by atomic mass is 35.5. The van der Waals surface area contributed by atoms with Crippen LogP contribution >= 0.6 is 11.6 Å². The smallest absolute Gasteiger partial charge is 0.0579 e. The van der Waals surface area contributed by atoms with Crippen LogP contribution in [-0.2, 0) is 6.42 Å². The van der Waals surface area contributed by atoms with Gasteiger partial charge in [-0.2, -0.15) is 0 Å². The van der Waals surface area contributed by atoms with E-state index in [0.717, 1.165) is 22.7 Å². The molecule has 1 aromatic heterocycles. The first kappa shape index (κ1) is 14.0. The summed E-state index contributed by atoms with van der Waals surface area (Å²) in [4.78, 5) is 4.45. The Hall–Kier alpha value is -1.38. The average molecular weight is 275 g/mol. The maximum atomic E-state index is 6.30. The SMILES string of the molecule is CNC(Cc1ccc(C)cc1Cl)c1cc(C)ccn1. The molecule has 19 heavy (non-hydrogen) atoms. The van der Waals surface area contributed by atoms with Crippen LogP contribution in [0.25, 0.3) is 0 Å². The van der Waals surface area contributed by atoms with E-state index < -0.39 is 0 Å². The van der Waals surface area contributed by atoms with E-state index in [2.05, 4.69) is 35.4 Å². The van der Waals surface area contributed by atoms with Gasteiger partial charge in [0.15, 0.2) is 0 Å². The van der Waals surface area contributed by atoms with E-state index in [9.17, 15) is 0 Å². The zero-order valence-electron chi connectivity index (χ0n) is 11.6. The van der Waals surface area contributed by atoms with Crippen molar-refractivity contribution in [1.82, 2.24) is 10.3 Å². The van der Waals surface area contributed by atoms with E-state index in [0.29, 0.717) is 0 Å². The fourth-order valence-corrected chi connectivity index (χ4v) is 2.45. The van der Waals surface area contributed by atoms with Crippen LogP contribution in [0.1, 0.15) is 28.4 Å². The van der Waals surface area contributed by atoms with Gasteiger partial charge in [0.1, 0.15) is 0 Å². The first-order valence-corrected chi connectivity index (χ1v) is 6.83. The minimum atomic E-state index is 0.181. The third-order valence-corrected chi connectivity index (χ3v) is 3.63. The van der Waals surface area contributed by atoms with Gasteiger partial charge in [-0.15, -0.1) is 0 Å². The molecule has 0 spiro atoms. The Balaban J connectivity index is 2.24. The lowest BCUT2D eigenvalue weighted by atomic mass is 10.0. The molecule has 0 aliphatic heterocycles. The number of likely N-dealkylation sites (N-methyl/N-ethyl adjacent to an activating group) is 1. The number of benzene rings is 1.